The Morgan fingerprint density at radius 2 is 2.09 bits per heavy atom. The smallest absolute Gasteiger partial charge is 0.410 e. The molecule has 1 unspecified atom stereocenters. The van der Waals surface area contributed by atoms with Gasteiger partial charge in [0.05, 0.1) is 11.7 Å². The topological polar surface area (TPSA) is 97.5 Å². The minimum atomic E-state index is -1.08. The van der Waals surface area contributed by atoms with Gasteiger partial charge in [-0.05, 0) is 40.0 Å². The van der Waals surface area contributed by atoms with Crippen LogP contribution in [0.15, 0.2) is 0 Å². The van der Waals surface area contributed by atoms with Gasteiger partial charge < -0.3 is 14.7 Å². The van der Waals surface area contributed by atoms with Crippen LogP contribution in [0, 0.1) is 0 Å². The molecule has 2 heterocycles. The van der Waals surface area contributed by atoms with Gasteiger partial charge in [-0.1, -0.05) is 12.1 Å². The van der Waals surface area contributed by atoms with Crippen molar-refractivity contribution in [2.45, 2.75) is 58.6 Å². The third kappa shape index (κ3) is 4.00. The summed E-state index contributed by atoms with van der Waals surface area (Å²) < 4.78 is 7.06. The highest BCUT2D eigenvalue weighted by atomic mass is 16.6. The third-order valence-electron chi connectivity index (χ3n) is 3.72. The molecule has 0 aromatic carbocycles. The summed E-state index contributed by atoms with van der Waals surface area (Å²) in [4.78, 5) is 25.1. The number of aromatic carboxylic acids is 1. The van der Waals surface area contributed by atoms with Gasteiger partial charge in [-0.2, -0.15) is 0 Å². The van der Waals surface area contributed by atoms with E-state index in [9.17, 15) is 14.7 Å². The van der Waals surface area contributed by atoms with Crippen LogP contribution in [0.2, 0.25) is 0 Å². The molecule has 8 heteroatoms. The number of carbonyl (C=O) groups is 2. The van der Waals surface area contributed by atoms with Gasteiger partial charge in [-0.3, -0.25) is 0 Å². The molecular formula is C15H24N4O4. The number of aromatic nitrogens is 3. The zero-order valence-corrected chi connectivity index (χ0v) is 14.1. The predicted octanol–water partition coefficient (Wildman–Crippen LogP) is 2.11. The van der Waals surface area contributed by atoms with Gasteiger partial charge in [-0.25, -0.2) is 14.3 Å². The largest absolute Gasteiger partial charge is 0.476 e. The summed E-state index contributed by atoms with van der Waals surface area (Å²) in [5.74, 6) is -1.08. The Morgan fingerprint density at radius 3 is 2.65 bits per heavy atom. The SMILES string of the molecule is CCc1c(C(=O)O)nnn1C1CCCN(C(=O)OC(C)(C)C)C1. The van der Waals surface area contributed by atoms with E-state index >= 15 is 0 Å². The zero-order chi connectivity index (χ0) is 17.2. The fourth-order valence-corrected chi connectivity index (χ4v) is 2.75. The fourth-order valence-electron chi connectivity index (χ4n) is 2.75. The highest BCUT2D eigenvalue weighted by molar-refractivity contribution is 5.86. The maximum Gasteiger partial charge on any atom is 0.410 e. The highest BCUT2D eigenvalue weighted by Crippen LogP contribution is 2.25. The van der Waals surface area contributed by atoms with E-state index in [-0.39, 0.29) is 17.8 Å². The lowest BCUT2D eigenvalue weighted by atomic mass is 10.1. The highest BCUT2D eigenvalue weighted by Gasteiger charge is 2.31. The number of rotatable bonds is 3. The molecule has 0 aliphatic carbocycles. The van der Waals surface area contributed by atoms with Crippen LogP contribution in [0.3, 0.4) is 0 Å². The first-order chi connectivity index (χ1) is 10.7. The molecule has 2 rings (SSSR count). The fraction of sp³-hybridized carbons (Fsp3) is 0.733. The standard InChI is InChI=1S/C15H24N4O4/c1-5-11-12(13(20)21)16-17-19(11)10-7-6-8-18(9-10)14(22)23-15(2,3)4/h10H,5-9H2,1-4H3,(H,20,21). The van der Waals surface area contributed by atoms with Crippen molar-refractivity contribution >= 4 is 12.1 Å². The van der Waals surface area contributed by atoms with Gasteiger partial charge in [0.1, 0.15) is 5.60 Å². The summed E-state index contributed by atoms with van der Waals surface area (Å²) in [6.45, 7) is 8.45. The van der Waals surface area contributed by atoms with E-state index in [4.69, 9.17) is 4.74 Å². The lowest BCUT2D eigenvalue weighted by Crippen LogP contribution is -2.43. The van der Waals surface area contributed by atoms with Gasteiger partial charge in [-0.15, -0.1) is 5.10 Å². The molecule has 0 bridgehead atoms. The van der Waals surface area contributed by atoms with E-state index in [0.717, 1.165) is 12.8 Å². The third-order valence-corrected chi connectivity index (χ3v) is 3.72. The van der Waals surface area contributed by atoms with Crippen LogP contribution in [0.25, 0.3) is 0 Å². The number of amides is 1. The lowest BCUT2D eigenvalue weighted by Gasteiger charge is -2.34. The first kappa shape index (κ1) is 17.2. The van der Waals surface area contributed by atoms with Crippen LogP contribution >= 0.6 is 0 Å². The van der Waals surface area contributed by atoms with Gasteiger partial charge in [0.2, 0.25) is 0 Å². The molecule has 0 spiro atoms. The summed E-state index contributed by atoms with van der Waals surface area (Å²) in [6.07, 6.45) is 1.82. The zero-order valence-electron chi connectivity index (χ0n) is 14.1. The molecule has 0 radical (unpaired) electrons. The van der Waals surface area contributed by atoms with Crippen LogP contribution in [-0.4, -0.2) is 55.8 Å². The Balaban J connectivity index is 2.15. The summed E-state index contributed by atoms with van der Waals surface area (Å²) in [5, 5.41) is 17.0. The predicted molar refractivity (Wildman–Crippen MR) is 82.4 cm³/mol. The monoisotopic (exact) mass is 324 g/mol. The van der Waals surface area contributed by atoms with E-state index in [1.807, 2.05) is 27.7 Å². The molecule has 1 amide bonds. The van der Waals surface area contributed by atoms with Crippen molar-refractivity contribution in [3.05, 3.63) is 11.4 Å². The summed E-state index contributed by atoms with van der Waals surface area (Å²) >= 11 is 0. The average Bonchev–Trinajstić information content (AvgIpc) is 2.89. The van der Waals surface area contributed by atoms with E-state index in [1.54, 1.807) is 9.58 Å². The number of carboxylic acid groups (broad SMARTS) is 1. The lowest BCUT2D eigenvalue weighted by molar-refractivity contribution is 0.0165. The molecule has 1 N–H and O–H groups in total. The van der Waals surface area contributed by atoms with Gasteiger partial charge in [0, 0.05) is 13.1 Å². The molecule has 1 aliphatic rings. The first-order valence-corrected chi connectivity index (χ1v) is 7.88. The molecule has 1 fully saturated rings. The molecule has 1 aliphatic heterocycles. The second kappa shape index (κ2) is 6.55. The Labute approximate surface area is 135 Å². The second-order valence-electron chi connectivity index (χ2n) is 6.71. The van der Waals surface area contributed by atoms with Crippen LogP contribution in [0.1, 0.15) is 62.8 Å². The van der Waals surface area contributed by atoms with Crippen molar-refractivity contribution in [3.63, 3.8) is 0 Å². The quantitative estimate of drug-likeness (QED) is 0.914. The normalized spacial score (nSPS) is 18.8. The van der Waals surface area contributed by atoms with Gasteiger partial charge in [0.25, 0.3) is 0 Å². The van der Waals surface area contributed by atoms with Gasteiger partial charge in [0.15, 0.2) is 5.69 Å². The number of carbonyl (C=O) groups excluding carboxylic acids is 1. The minimum Gasteiger partial charge on any atom is -0.476 e. The van der Waals surface area contributed by atoms with E-state index in [1.165, 1.54) is 0 Å². The van der Waals surface area contributed by atoms with Crippen LogP contribution in [0.5, 0.6) is 0 Å². The maximum absolute atomic E-state index is 12.2. The van der Waals surface area contributed by atoms with E-state index in [2.05, 4.69) is 10.3 Å². The molecule has 0 saturated carbocycles. The molecule has 23 heavy (non-hydrogen) atoms. The van der Waals surface area contributed by atoms with Crippen molar-refractivity contribution in [1.82, 2.24) is 19.9 Å². The molecular weight excluding hydrogens is 300 g/mol. The molecule has 128 valence electrons. The molecule has 1 aromatic heterocycles. The first-order valence-electron chi connectivity index (χ1n) is 7.88. The number of carboxylic acids is 1. The Hall–Kier alpha value is -2.12. The molecule has 1 saturated heterocycles. The summed E-state index contributed by atoms with van der Waals surface area (Å²) in [6, 6.07) is -0.0770. The van der Waals surface area contributed by atoms with Crippen LogP contribution in [-0.2, 0) is 11.2 Å². The van der Waals surface area contributed by atoms with Crippen LogP contribution < -0.4 is 0 Å². The molecule has 1 aromatic rings. The van der Waals surface area contributed by atoms with Crippen molar-refractivity contribution in [3.8, 4) is 0 Å². The average molecular weight is 324 g/mol. The van der Waals surface area contributed by atoms with E-state index in [0.29, 0.717) is 25.2 Å². The maximum atomic E-state index is 12.2. The van der Waals surface area contributed by atoms with Crippen molar-refractivity contribution < 1.29 is 19.4 Å². The second-order valence-corrected chi connectivity index (χ2v) is 6.71. The number of nitrogens with zero attached hydrogens (tertiary/aromatic N) is 4. The van der Waals surface area contributed by atoms with Crippen molar-refractivity contribution in [1.29, 1.82) is 0 Å². The van der Waals surface area contributed by atoms with Crippen molar-refractivity contribution in [2.75, 3.05) is 13.1 Å². The summed E-state index contributed by atoms with van der Waals surface area (Å²) in [5.41, 5.74) is 0.0398. The van der Waals surface area contributed by atoms with E-state index < -0.39 is 11.6 Å². The molecule has 1 atom stereocenters. The van der Waals surface area contributed by atoms with Gasteiger partial charge >= 0.3 is 12.1 Å². The number of ether oxygens (including phenoxy) is 1. The van der Waals surface area contributed by atoms with Crippen molar-refractivity contribution in [2.24, 2.45) is 0 Å². The Kier molecular flexibility index (Phi) is 4.91. The Bertz CT molecular complexity index is 591. The number of hydrogen-bond donors (Lipinski definition) is 1. The summed E-state index contributed by atoms with van der Waals surface area (Å²) in [7, 11) is 0. The number of likely N-dealkylation sites (tertiary alicyclic amines) is 1. The molecule has 8 nitrogen and oxygen atoms in total. The number of piperidine rings is 1. The Morgan fingerprint density at radius 1 is 1.39 bits per heavy atom. The van der Waals surface area contributed by atoms with Crippen LogP contribution in [0.4, 0.5) is 4.79 Å². The number of hydrogen-bond acceptors (Lipinski definition) is 5. The minimum absolute atomic E-state index is 0.0121.